The summed E-state index contributed by atoms with van der Waals surface area (Å²) in [6, 6.07) is 8.24. The molecule has 1 aromatic heterocycles. The Bertz CT molecular complexity index is 641. The maximum Gasteiger partial charge on any atom is 0.276 e. The number of anilines is 1. The summed E-state index contributed by atoms with van der Waals surface area (Å²) in [5.41, 5.74) is 8.49. The van der Waals surface area contributed by atoms with Crippen molar-refractivity contribution >= 4 is 11.7 Å². The van der Waals surface area contributed by atoms with Gasteiger partial charge in [0.25, 0.3) is 5.91 Å². The Kier molecular flexibility index (Phi) is 3.33. The first-order valence-electron chi connectivity index (χ1n) is 6.68. The maximum absolute atomic E-state index is 12.5. The van der Waals surface area contributed by atoms with Crippen molar-refractivity contribution in [3.8, 4) is 0 Å². The number of nitrogens with two attached hydrogens (primary N) is 1. The molecular weight excluding hydrogens is 252 g/mol. The molecule has 1 amide bonds. The second-order valence-corrected chi connectivity index (χ2v) is 4.89. The van der Waals surface area contributed by atoms with Crippen LogP contribution < -0.4 is 5.73 Å². The molecule has 5 nitrogen and oxygen atoms in total. The first-order valence-corrected chi connectivity index (χ1v) is 6.68. The lowest BCUT2D eigenvalue weighted by Crippen LogP contribution is -2.32. The SMILES string of the molecule is Nc1nccnc1C(=O)N1CCCc2ccccc2C1. The van der Waals surface area contributed by atoms with Crippen LogP contribution in [-0.4, -0.2) is 27.3 Å². The Balaban J connectivity index is 1.88. The number of aromatic nitrogens is 2. The van der Waals surface area contributed by atoms with Crippen molar-refractivity contribution in [1.82, 2.24) is 14.9 Å². The molecule has 0 saturated carbocycles. The molecular formula is C15H16N4O. The summed E-state index contributed by atoms with van der Waals surface area (Å²) in [4.78, 5) is 22.3. The van der Waals surface area contributed by atoms with Gasteiger partial charge < -0.3 is 10.6 Å². The van der Waals surface area contributed by atoms with E-state index in [9.17, 15) is 4.79 Å². The molecule has 3 rings (SSSR count). The first-order chi connectivity index (χ1) is 9.75. The zero-order valence-electron chi connectivity index (χ0n) is 11.1. The molecule has 1 aromatic carbocycles. The summed E-state index contributed by atoms with van der Waals surface area (Å²) >= 11 is 0. The van der Waals surface area contributed by atoms with E-state index in [4.69, 9.17) is 5.73 Å². The van der Waals surface area contributed by atoms with Crippen LogP contribution in [0.1, 0.15) is 28.0 Å². The summed E-state index contributed by atoms with van der Waals surface area (Å²) in [5, 5.41) is 0. The molecule has 0 radical (unpaired) electrons. The minimum absolute atomic E-state index is 0.146. The number of aryl methyl sites for hydroxylation is 1. The van der Waals surface area contributed by atoms with E-state index in [0.29, 0.717) is 13.1 Å². The molecule has 0 spiro atoms. The van der Waals surface area contributed by atoms with Gasteiger partial charge in [-0.3, -0.25) is 4.79 Å². The van der Waals surface area contributed by atoms with Crippen molar-refractivity contribution in [2.75, 3.05) is 12.3 Å². The molecule has 1 aliphatic heterocycles. The summed E-state index contributed by atoms with van der Waals surface area (Å²) in [7, 11) is 0. The highest BCUT2D eigenvalue weighted by atomic mass is 16.2. The van der Waals surface area contributed by atoms with Crippen LogP contribution in [0.5, 0.6) is 0 Å². The van der Waals surface area contributed by atoms with Crippen LogP contribution in [0.15, 0.2) is 36.7 Å². The number of carbonyl (C=O) groups is 1. The molecule has 1 aliphatic rings. The third-order valence-electron chi connectivity index (χ3n) is 3.57. The third kappa shape index (κ3) is 2.34. The Morgan fingerprint density at radius 1 is 1.15 bits per heavy atom. The standard InChI is InChI=1S/C15H16N4O/c16-14-13(17-7-8-18-14)15(20)19-9-3-6-11-4-1-2-5-12(11)10-19/h1-2,4-5,7-8H,3,6,9-10H2,(H2,16,18). The second-order valence-electron chi connectivity index (χ2n) is 4.89. The van der Waals surface area contributed by atoms with Gasteiger partial charge in [0.1, 0.15) is 0 Å². The van der Waals surface area contributed by atoms with Gasteiger partial charge in [0.2, 0.25) is 0 Å². The van der Waals surface area contributed by atoms with E-state index in [1.807, 2.05) is 12.1 Å². The van der Waals surface area contributed by atoms with E-state index in [1.54, 1.807) is 4.90 Å². The van der Waals surface area contributed by atoms with E-state index in [0.717, 1.165) is 12.8 Å². The van der Waals surface area contributed by atoms with Crippen molar-refractivity contribution in [2.24, 2.45) is 0 Å². The van der Waals surface area contributed by atoms with E-state index in [1.165, 1.54) is 23.5 Å². The summed E-state index contributed by atoms with van der Waals surface area (Å²) in [6.07, 6.45) is 4.93. The van der Waals surface area contributed by atoms with E-state index in [2.05, 4.69) is 22.1 Å². The number of amides is 1. The molecule has 2 heterocycles. The number of benzene rings is 1. The molecule has 20 heavy (non-hydrogen) atoms. The molecule has 0 aliphatic carbocycles. The lowest BCUT2D eigenvalue weighted by molar-refractivity contribution is 0.0740. The molecule has 102 valence electrons. The van der Waals surface area contributed by atoms with Crippen molar-refractivity contribution in [2.45, 2.75) is 19.4 Å². The lowest BCUT2D eigenvalue weighted by atomic mass is 10.0. The van der Waals surface area contributed by atoms with Crippen LogP contribution in [0, 0.1) is 0 Å². The quantitative estimate of drug-likeness (QED) is 0.853. The van der Waals surface area contributed by atoms with Gasteiger partial charge in [-0.05, 0) is 24.0 Å². The first kappa shape index (κ1) is 12.6. The Labute approximate surface area is 117 Å². The van der Waals surface area contributed by atoms with Crippen molar-refractivity contribution in [3.05, 3.63) is 53.5 Å². The maximum atomic E-state index is 12.5. The predicted molar refractivity (Wildman–Crippen MR) is 75.9 cm³/mol. The fourth-order valence-electron chi connectivity index (χ4n) is 2.54. The van der Waals surface area contributed by atoms with E-state index in [-0.39, 0.29) is 17.4 Å². The normalized spacial score (nSPS) is 14.5. The Morgan fingerprint density at radius 2 is 1.90 bits per heavy atom. The fourth-order valence-corrected chi connectivity index (χ4v) is 2.54. The smallest absolute Gasteiger partial charge is 0.276 e. The molecule has 2 N–H and O–H groups in total. The lowest BCUT2D eigenvalue weighted by Gasteiger charge is -2.20. The van der Waals surface area contributed by atoms with Gasteiger partial charge in [0, 0.05) is 25.5 Å². The van der Waals surface area contributed by atoms with Crippen LogP contribution >= 0.6 is 0 Å². The number of hydrogen-bond donors (Lipinski definition) is 1. The van der Waals surface area contributed by atoms with Crippen molar-refractivity contribution in [1.29, 1.82) is 0 Å². The zero-order valence-corrected chi connectivity index (χ0v) is 11.1. The molecule has 0 unspecified atom stereocenters. The van der Waals surface area contributed by atoms with Crippen LogP contribution in [-0.2, 0) is 13.0 Å². The highest BCUT2D eigenvalue weighted by molar-refractivity contribution is 5.96. The van der Waals surface area contributed by atoms with Gasteiger partial charge in [0.15, 0.2) is 11.5 Å². The number of carbonyl (C=O) groups excluding carboxylic acids is 1. The topological polar surface area (TPSA) is 72.1 Å². The molecule has 0 bridgehead atoms. The van der Waals surface area contributed by atoms with Gasteiger partial charge >= 0.3 is 0 Å². The van der Waals surface area contributed by atoms with Crippen LogP contribution in [0.25, 0.3) is 0 Å². The summed E-state index contributed by atoms with van der Waals surface area (Å²) < 4.78 is 0. The highest BCUT2D eigenvalue weighted by Crippen LogP contribution is 2.20. The van der Waals surface area contributed by atoms with Gasteiger partial charge in [-0.2, -0.15) is 0 Å². The number of nitrogens with zero attached hydrogens (tertiary/aromatic N) is 3. The number of nitrogen functional groups attached to an aromatic ring is 1. The van der Waals surface area contributed by atoms with Gasteiger partial charge in [0.05, 0.1) is 0 Å². The van der Waals surface area contributed by atoms with Crippen LogP contribution in [0.2, 0.25) is 0 Å². The largest absolute Gasteiger partial charge is 0.382 e. The summed E-state index contributed by atoms with van der Waals surface area (Å²) in [6.45, 7) is 1.31. The zero-order chi connectivity index (χ0) is 13.9. The number of rotatable bonds is 1. The van der Waals surface area contributed by atoms with Crippen molar-refractivity contribution in [3.63, 3.8) is 0 Å². The fraction of sp³-hybridized carbons (Fsp3) is 0.267. The highest BCUT2D eigenvalue weighted by Gasteiger charge is 2.22. The summed E-state index contributed by atoms with van der Waals surface area (Å²) in [5.74, 6) is 0.0438. The molecule has 2 aromatic rings. The van der Waals surface area contributed by atoms with Gasteiger partial charge in [-0.15, -0.1) is 0 Å². The average molecular weight is 268 g/mol. The predicted octanol–water partition coefficient (Wildman–Crippen LogP) is 1.65. The minimum Gasteiger partial charge on any atom is -0.382 e. The molecule has 5 heteroatoms. The van der Waals surface area contributed by atoms with Crippen LogP contribution in [0.3, 0.4) is 0 Å². The monoisotopic (exact) mass is 268 g/mol. The third-order valence-corrected chi connectivity index (χ3v) is 3.57. The number of fused-ring (bicyclic) bond motifs is 1. The van der Waals surface area contributed by atoms with E-state index >= 15 is 0 Å². The van der Waals surface area contributed by atoms with E-state index < -0.39 is 0 Å². The van der Waals surface area contributed by atoms with Gasteiger partial charge in [-0.25, -0.2) is 9.97 Å². The Hall–Kier alpha value is -2.43. The molecule has 0 saturated heterocycles. The molecule has 0 atom stereocenters. The Morgan fingerprint density at radius 3 is 2.70 bits per heavy atom. The molecule has 0 fully saturated rings. The average Bonchev–Trinajstić information content (AvgIpc) is 2.69. The second kappa shape index (κ2) is 5.28. The van der Waals surface area contributed by atoms with Gasteiger partial charge in [-0.1, -0.05) is 24.3 Å². The van der Waals surface area contributed by atoms with Crippen LogP contribution in [0.4, 0.5) is 5.82 Å². The number of hydrogen-bond acceptors (Lipinski definition) is 4. The van der Waals surface area contributed by atoms with Crippen molar-refractivity contribution < 1.29 is 4.79 Å². The minimum atomic E-state index is -0.146.